The van der Waals surface area contributed by atoms with Gasteiger partial charge in [0.2, 0.25) is 0 Å². The summed E-state index contributed by atoms with van der Waals surface area (Å²) in [5.41, 5.74) is 1.64. The Labute approximate surface area is 122 Å². The zero-order valence-electron chi connectivity index (χ0n) is 10.2. The van der Waals surface area contributed by atoms with Crippen LogP contribution in [-0.4, -0.2) is 26.0 Å². The maximum absolute atomic E-state index is 10.7. The molecule has 0 aliphatic heterocycles. The van der Waals surface area contributed by atoms with Gasteiger partial charge in [-0.25, -0.2) is 15.0 Å². The van der Waals surface area contributed by atoms with Crippen molar-refractivity contribution in [2.75, 3.05) is 0 Å². The summed E-state index contributed by atoms with van der Waals surface area (Å²) in [4.78, 5) is 25.1. The summed E-state index contributed by atoms with van der Waals surface area (Å²) in [6, 6.07) is 5.55. The molecule has 0 spiro atoms. The molecule has 0 bridgehead atoms. The van der Waals surface area contributed by atoms with Crippen LogP contribution < -0.4 is 0 Å². The van der Waals surface area contributed by atoms with E-state index in [4.69, 9.17) is 5.11 Å². The van der Waals surface area contributed by atoms with Crippen LogP contribution in [0.25, 0.3) is 21.3 Å². The van der Waals surface area contributed by atoms with Crippen molar-refractivity contribution in [3.05, 3.63) is 41.0 Å². The Morgan fingerprint density at radius 3 is 2.90 bits per heavy atom. The molecular weight excluding hydrogens is 294 g/mol. The highest BCUT2D eigenvalue weighted by atomic mass is 32.1. The monoisotopic (exact) mass is 303 g/mol. The fraction of sp³-hybridized carbons (Fsp3) is 0.0769. The molecule has 0 amide bonds. The Bertz CT molecular complexity index is 737. The smallest absolute Gasteiger partial charge is 0.308 e. The molecule has 0 unspecified atom stereocenters. The lowest BCUT2D eigenvalue weighted by molar-refractivity contribution is -0.136. The third kappa shape index (κ3) is 2.73. The van der Waals surface area contributed by atoms with Gasteiger partial charge in [0.15, 0.2) is 0 Å². The molecule has 0 aliphatic carbocycles. The summed E-state index contributed by atoms with van der Waals surface area (Å²) in [5.74, 6) is -0.821. The van der Waals surface area contributed by atoms with E-state index in [0.717, 1.165) is 26.1 Å². The largest absolute Gasteiger partial charge is 0.481 e. The van der Waals surface area contributed by atoms with E-state index in [1.165, 1.54) is 29.0 Å². The van der Waals surface area contributed by atoms with Crippen molar-refractivity contribution in [2.24, 2.45) is 0 Å². The lowest BCUT2D eigenvalue weighted by atomic mass is 10.3. The van der Waals surface area contributed by atoms with E-state index < -0.39 is 5.97 Å². The van der Waals surface area contributed by atoms with Gasteiger partial charge >= 0.3 is 5.97 Å². The Morgan fingerprint density at radius 2 is 2.15 bits per heavy atom. The molecule has 5 nitrogen and oxygen atoms in total. The molecular formula is C13H9N3O2S2. The van der Waals surface area contributed by atoms with Crippen LogP contribution >= 0.6 is 22.7 Å². The lowest BCUT2D eigenvalue weighted by Crippen LogP contribution is -1.96. The van der Waals surface area contributed by atoms with Gasteiger partial charge in [0.25, 0.3) is 0 Å². The van der Waals surface area contributed by atoms with E-state index in [0.29, 0.717) is 0 Å². The lowest BCUT2D eigenvalue weighted by Gasteiger charge is -1.92. The molecule has 3 rings (SSSR count). The van der Waals surface area contributed by atoms with E-state index in [-0.39, 0.29) is 6.42 Å². The minimum atomic E-state index is -0.821. The number of carboxylic acids is 1. The van der Waals surface area contributed by atoms with Crippen molar-refractivity contribution in [1.82, 2.24) is 15.0 Å². The fourth-order valence-corrected chi connectivity index (χ4v) is 3.51. The number of thiazole rings is 1. The number of carboxylic acid groups (broad SMARTS) is 1. The normalized spacial score (nSPS) is 10.6. The summed E-state index contributed by atoms with van der Waals surface area (Å²) in [6.45, 7) is 0. The molecule has 0 aliphatic rings. The molecule has 0 fully saturated rings. The topological polar surface area (TPSA) is 76.0 Å². The maximum Gasteiger partial charge on any atom is 0.308 e. The highest BCUT2D eigenvalue weighted by molar-refractivity contribution is 7.16. The summed E-state index contributed by atoms with van der Waals surface area (Å²) < 4.78 is 0. The van der Waals surface area contributed by atoms with Crippen LogP contribution in [0, 0.1) is 0 Å². The molecule has 0 radical (unpaired) electrons. The third-order valence-corrected chi connectivity index (χ3v) is 4.52. The first kappa shape index (κ1) is 12.9. The van der Waals surface area contributed by atoms with Crippen LogP contribution in [0.1, 0.15) is 4.88 Å². The molecule has 0 atom stereocenters. The quantitative estimate of drug-likeness (QED) is 0.802. The Hall–Kier alpha value is -2.12. The van der Waals surface area contributed by atoms with Crippen LogP contribution in [0.5, 0.6) is 0 Å². The second-order valence-corrected chi connectivity index (χ2v) is 6.00. The zero-order valence-corrected chi connectivity index (χ0v) is 11.8. The SMILES string of the molecule is O=C(O)Cc1ccc(-c2csc(-c3ccncn3)n2)s1. The minimum absolute atomic E-state index is 0.0492. The molecule has 100 valence electrons. The van der Waals surface area contributed by atoms with Crippen molar-refractivity contribution in [1.29, 1.82) is 0 Å². The first-order valence-corrected chi connectivity index (χ1v) is 7.45. The second-order valence-electron chi connectivity index (χ2n) is 3.97. The van der Waals surface area contributed by atoms with Crippen LogP contribution in [0.4, 0.5) is 0 Å². The number of aromatic nitrogens is 3. The summed E-state index contributed by atoms with van der Waals surface area (Å²) in [6.07, 6.45) is 3.22. The summed E-state index contributed by atoms with van der Waals surface area (Å²) in [5, 5.41) is 11.6. The molecule has 0 saturated carbocycles. The first-order valence-electron chi connectivity index (χ1n) is 5.75. The Kier molecular flexibility index (Phi) is 3.53. The van der Waals surface area contributed by atoms with Crippen molar-refractivity contribution in [2.45, 2.75) is 6.42 Å². The van der Waals surface area contributed by atoms with Gasteiger partial charge in [0, 0.05) is 16.5 Å². The predicted octanol–water partition coefficient (Wildman–Crippen LogP) is 2.96. The number of thiophene rings is 1. The van der Waals surface area contributed by atoms with Gasteiger partial charge in [-0.3, -0.25) is 4.79 Å². The predicted molar refractivity (Wildman–Crippen MR) is 77.8 cm³/mol. The molecule has 3 aromatic heterocycles. The number of rotatable bonds is 4. The summed E-state index contributed by atoms with van der Waals surface area (Å²) in [7, 11) is 0. The van der Waals surface area contributed by atoms with E-state index in [1.54, 1.807) is 6.20 Å². The Balaban J connectivity index is 1.87. The number of carbonyl (C=O) groups is 1. The maximum atomic E-state index is 10.7. The van der Waals surface area contributed by atoms with Crippen molar-refractivity contribution < 1.29 is 9.90 Å². The van der Waals surface area contributed by atoms with E-state index in [9.17, 15) is 4.79 Å². The van der Waals surface area contributed by atoms with Gasteiger partial charge in [-0.05, 0) is 18.2 Å². The second kappa shape index (κ2) is 5.48. The third-order valence-electron chi connectivity index (χ3n) is 2.54. The highest BCUT2D eigenvalue weighted by Crippen LogP contribution is 2.32. The minimum Gasteiger partial charge on any atom is -0.481 e. The molecule has 7 heteroatoms. The molecule has 20 heavy (non-hydrogen) atoms. The fourth-order valence-electron chi connectivity index (χ4n) is 1.68. The van der Waals surface area contributed by atoms with Crippen LogP contribution in [-0.2, 0) is 11.2 Å². The molecule has 3 heterocycles. The van der Waals surface area contributed by atoms with E-state index in [1.807, 2.05) is 23.6 Å². The van der Waals surface area contributed by atoms with E-state index >= 15 is 0 Å². The number of aliphatic carboxylic acids is 1. The first-order chi connectivity index (χ1) is 9.72. The van der Waals surface area contributed by atoms with Gasteiger partial charge in [0.05, 0.1) is 17.0 Å². The van der Waals surface area contributed by atoms with Gasteiger partial charge in [-0.15, -0.1) is 22.7 Å². The standard InChI is InChI=1S/C13H9N3O2S2/c17-12(18)5-8-1-2-11(20-8)10-6-19-13(16-10)9-3-4-14-7-15-9/h1-4,6-7H,5H2,(H,17,18). The Morgan fingerprint density at radius 1 is 1.25 bits per heavy atom. The van der Waals surface area contributed by atoms with Crippen molar-refractivity contribution in [3.63, 3.8) is 0 Å². The van der Waals surface area contributed by atoms with Gasteiger partial charge < -0.3 is 5.11 Å². The van der Waals surface area contributed by atoms with Crippen LogP contribution in [0.2, 0.25) is 0 Å². The van der Waals surface area contributed by atoms with E-state index in [2.05, 4.69) is 15.0 Å². The summed E-state index contributed by atoms with van der Waals surface area (Å²) >= 11 is 2.96. The molecule has 0 aromatic carbocycles. The number of nitrogens with zero attached hydrogens (tertiary/aromatic N) is 3. The number of hydrogen-bond donors (Lipinski definition) is 1. The average Bonchev–Trinajstić information content (AvgIpc) is 3.07. The van der Waals surface area contributed by atoms with Crippen molar-refractivity contribution in [3.8, 4) is 21.3 Å². The van der Waals surface area contributed by atoms with Gasteiger partial charge in [-0.2, -0.15) is 0 Å². The van der Waals surface area contributed by atoms with Crippen LogP contribution in [0.15, 0.2) is 36.1 Å². The van der Waals surface area contributed by atoms with Crippen molar-refractivity contribution >= 4 is 28.6 Å². The highest BCUT2D eigenvalue weighted by Gasteiger charge is 2.11. The zero-order chi connectivity index (χ0) is 13.9. The average molecular weight is 303 g/mol. The molecule has 0 saturated heterocycles. The van der Waals surface area contributed by atoms with Gasteiger partial charge in [0.1, 0.15) is 17.0 Å². The molecule has 1 N–H and O–H groups in total. The van der Waals surface area contributed by atoms with Gasteiger partial charge in [-0.1, -0.05) is 0 Å². The number of hydrogen-bond acceptors (Lipinski definition) is 6. The van der Waals surface area contributed by atoms with Crippen LogP contribution in [0.3, 0.4) is 0 Å². The molecule has 3 aromatic rings.